The van der Waals surface area contributed by atoms with Gasteiger partial charge in [0, 0.05) is 24.3 Å². The van der Waals surface area contributed by atoms with Crippen molar-refractivity contribution in [3.05, 3.63) is 29.3 Å². The van der Waals surface area contributed by atoms with Gasteiger partial charge < -0.3 is 10.2 Å². The van der Waals surface area contributed by atoms with E-state index in [2.05, 4.69) is 19.2 Å². The van der Waals surface area contributed by atoms with E-state index in [-0.39, 0.29) is 23.3 Å². The van der Waals surface area contributed by atoms with Crippen LogP contribution in [0.2, 0.25) is 0 Å². The number of rotatable bonds is 3. The fourth-order valence-electron chi connectivity index (χ4n) is 4.14. The number of piperidine rings is 1. The molecule has 1 aromatic carbocycles. The van der Waals surface area contributed by atoms with E-state index in [4.69, 9.17) is 0 Å². The van der Waals surface area contributed by atoms with Crippen molar-refractivity contribution in [1.29, 1.82) is 0 Å². The van der Waals surface area contributed by atoms with Crippen LogP contribution < -0.4 is 5.32 Å². The monoisotopic (exact) mass is 392 g/mol. The third-order valence-corrected chi connectivity index (χ3v) is 7.27. The lowest BCUT2D eigenvalue weighted by Crippen LogP contribution is -2.42. The van der Waals surface area contributed by atoms with E-state index >= 15 is 0 Å². The highest BCUT2D eigenvalue weighted by Gasteiger charge is 2.33. The molecule has 2 heterocycles. The smallest absolute Gasteiger partial charge is 0.253 e. The highest BCUT2D eigenvalue weighted by molar-refractivity contribution is 7.91. The molecule has 0 unspecified atom stereocenters. The van der Waals surface area contributed by atoms with Gasteiger partial charge in [0.1, 0.15) is 0 Å². The molecule has 7 heteroatoms. The molecule has 2 amide bonds. The minimum Gasteiger partial charge on any atom is -0.338 e. The van der Waals surface area contributed by atoms with Crippen LogP contribution >= 0.6 is 0 Å². The second-order valence-corrected chi connectivity index (χ2v) is 10.5. The van der Waals surface area contributed by atoms with E-state index in [1.807, 2.05) is 17.9 Å². The van der Waals surface area contributed by atoms with Crippen LogP contribution in [0.25, 0.3) is 0 Å². The molecule has 2 aliphatic rings. The molecule has 3 atom stereocenters. The molecule has 0 bridgehead atoms. The van der Waals surface area contributed by atoms with Gasteiger partial charge in [-0.1, -0.05) is 19.9 Å². The van der Waals surface area contributed by atoms with E-state index in [0.29, 0.717) is 29.5 Å². The molecule has 27 heavy (non-hydrogen) atoms. The van der Waals surface area contributed by atoms with Crippen LogP contribution in [0.3, 0.4) is 0 Å². The number of hydrogen-bond donors (Lipinski definition) is 1. The fourth-order valence-corrected chi connectivity index (χ4v) is 5.88. The van der Waals surface area contributed by atoms with Crippen molar-refractivity contribution in [3.63, 3.8) is 0 Å². The van der Waals surface area contributed by atoms with E-state index in [1.54, 1.807) is 12.1 Å². The van der Waals surface area contributed by atoms with Crippen molar-refractivity contribution in [2.24, 2.45) is 17.8 Å². The zero-order valence-electron chi connectivity index (χ0n) is 16.2. The summed E-state index contributed by atoms with van der Waals surface area (Å²) in [6.07, 6.45) is 1.48. The maximum atomic E-state index is 12.9. The van der Waals surface area contributed by atoms with Crippen LogP contribution in [0.5, 0.6) is 0 Å². The SMILES string of the molecule is Cc1ccc(C(=O)N2C[C@H](C)C[C@H](C)C2)cc1NC(=O)[C@@H]1CCS(=O)(=O)C1. The van der Waals surface area contributed by atoms with Crippen molar-refractivity contribution in [2.45, 2.75) is 33.6 Å². The summed E-state index contributed by atoms with van der Waals surface area (Å²) in [5.74, 6) is 0.0979. The summed E-state index contributed by atoms with van der Waals surface area (Å²) >= 11 is 0. The Morgan fingerprint density at radius 2 is 1.81 bits per heavy atom. The molecule has 6 nitrogen and oxygen atoms in total. The molecule has 2 aliphatic heterocycles. The van der Waals surface area contributed by atoms with Crippen molar-refractivity contribution < 1.29 is 18.0 Å². The van der Waals surface area contributed by atoms with Crippen LogP contribution in [0.1, 0.15) is 42.6 Å². The minimum atomic E-state index is -3.11. The first kappa shape index (κ1) is 19.9. The van der Waals surface area contributed by atoms with Gasteiger partial charge in [-0.05, 0) is 49.3 Å². The van der Waals surface area contributed by atoms with Crippen LogP contribution in [0.4, 0.5) is 5.69 Å². The summed E-state index contributed by atoms with van der Waals surface area (Å²) in [6.45, 7) is 7.68. The highest BCUT2D eigenvalue weighted by atomic mass is 32.2. The van der Waals surface area contributed by atoms with E-state index < -0.39 is 15.8 Å². The number of anilines is 1. The Morgan fingerprint density at radius 3 is 2.41 bits per heavy atom. The lowest BCUT2D eigenvalue weighted by molar-refractivity contribution is -0.119. The molecule has 0 saturated carbocycles. The number of benzene rings is 1. The van der Waals surface area contributed by atoms with Gasteiger partial charge in [-0.15, -0.1) is 0 Å². The van der Waals surface area contributed by atoms with Gasteiger partial charge in [-0.3, -0.25) is 9.59 Å². The number of carbonyl (C=O) groups excluding carboxylic acids is 2. The molecule has 0 aromatic heterocycles. The summed E-state index contributed by atoms with van der Waals surface area (Å²) in [4.78, 5) is 27.3. The lowest BCUT2D eigenvalue weighted by Gasteiger charge is -2.35. The van der Waals surface area contributed by atoms with Crippen LogP contribution in [0.15, 0.2) is 18.2 Å². The molecule has 1 aromatic rings. The maximum Gasteiger partial charge on any atom is 0.253 e. The zero-order chi connectivity index (χ0) is 19.8. The van der Waals surface area contributed by atoms with Crippen molar-refractivity contribution in [2.75, 3.05) is 29.9 Å². The molecule has 0 radical (unpaired) electrons. The summed E-state index contributed by atoms with van der Waals surface area (Å²) < 4.78 is 23.2. The average molecular weight is 393 g/mol. The molecule has 1 N–H and O–H groups in total. The number of nitrogens with zero attached hydrogens (tertiary/aromatic N) is 1. The predicted octanol–water partition coefficient (Wildman–Crippen LogP) is 2.49. The summed E-state index contributed by atoms with van der Waals surface area (Å²) in [5.41, 5.74) is 1.98. The molecule has 148 valence electrons. The molecule has 0 aliphatic carbocycles. The first-order valence-corrected chi connectivity index (χ1v) is 11.4. The van der Waals surface area contributed by atoms with Crippen molar-refractivity contribution in [1.82, 2.24) is 4.90 Å². The predicted molar refractivity (Wildman–Crippen MR) is 105 cm³/mol. The van der Waals surface area contributed by atoms with Gasteiger partial charge >= 0.3 is 0 Å². The van der Waals surface area contributed by atoms with Gasteiger partial charge in [0.15, 0.2) is 9.84 Å². The van der Waals surface area contributed by atoms with Crippen molar-refractivity contribution >= 4 is 27.3 Å². The molecular formula is C20H28N2O4S. The fraction of sp³-hybridized carbons (Fsp3) is 0.600. The molecule has 2 saturated heterocycles. The maximum absolute atomic E-state index is 12.9. The molecule has 0 spiro atoms. The Morgan fingerprint density at radius 1 is 1.15 bits per heavy atom. The molecule has 2 fully saturated rings. The number of likely N-dealkylation sites (tertiary alicyclic amines) is 1. The van der Waals surface area contributed by atoms with E-state index in [9.17, 15) is 18.0 Å². The number of nitrogens with one attached hydrogen (secondary N) is 1. The normalized spacial score (nSPS) is 27.4. The van der Waals surface area contributed by atoms with Crippen LogP contribution in [-0.4, -0.2) is 49.7 Å². The quantitative estimate of drug-likeness (QED) is 0.857. The van der Waals surface area contributed by atoms with Gasteiger partial charge in [0.25, 0.3) is 5.91 Å². The summed E-state index contributed by atoms with van der Waals surface area (Å²) in [5, 5.41) is 2.83. The third kappa shape index (κ3) is 4.69. The standard InChI is InChI=1S/C20H28N2O4S/c1-13-8-14(2)11-22(10-13)20(24)16-5-4-15(3)18(9-16)21-19(23)17-6-7-27(25,26)12-17/h4-5,9,13-14,17H,6-8,10-12H2,1-3H3,(H,21,23)/t13-,14+,17-/m1/s1. The Bertz CT molecular complexity index is 840. The first-order valence-electron chi connectivity index (χ1n) is 9.56. The minimum absolute atomic E-state index is 0.0210. The van der Waals surface area contributed by atoms with Gasteiger partial charge in [0.2, 0.25) is 5.91 Å². The lowest BCUT2D eigenvalue weighted by atomic mass is 9.91. The number of hydrogen-bond acceptors (Lipinski definition) is 4. The Hall–Kier alpha value is -1.89. The van der Waals surface area contributed by atoms with Crippen LogP contribution in [-0.2, 0) is 14.6 Å². The highest BCUT2D eigenvalue weighted by Crippen LogP contribution is 2.26. The number of aryl methyl sites for hydroxylation is 1. The Balaban J connectivity index is 1.74. The second-order valence-electron chi connectivity index (χ2n) is 8.28. The number of carbonyl (C=O) groups is 2. The summed E-state index contributed by atoms with van der Waals surface area (Å²) in [7, 11) is -3.11. The third-order valence-electron chi connectivity index (χ3n) is 5.50. The Labute approximate surface area is 161 Å². The largest absolute Gasteiger partial charge is 0.338 e. The van der Waals surface area contributed by atoms with Crippen molar-refractivity contribution in [3.8, 4) is 0 Å². The average Bonchev–Trinajstić information content (AvgIpc) is 2.95. The van der Waals surface area contributed by atoms with Gasteiger partial charge in [0.05, 0.1) is 17.4 Å². The number of amides is 2. The topological polar surface area (TPSA) is 83.6 Å². The molecule has 3 rings (SSSR count). The van der Waals surface area contributed by atoms with Crippen LogP contribution in [0, 0.1) is 24.7 Å². The van der Waals surface area contributed by atoms with Gasteiger partial charge in [-0.2, -0.15) is 0 Å². The zero-order valence-corrected chi connectivity index (χ0v) is 17.0. The molecular weight excluding hydrogens is 364 g/mol. The Kier molecular flexibility index (Phi) is 5.60. The van der Waals surface area contributed by atoms with E-state index in [0.717, 1.165) is 25.1 Å². The first-order chi connectivity index (χ1) is 12.6. The van der Waals surface area contributed by atoms with Gasteiger partial charge in [-0.25, -0.2) is 8.42 Å². The summed E-state index contributed by atoms with van der Waals surface area (Å²) in [6, 6.07) is 5.32. The second kappa shape index (κ2) is 7.62. The van der Waals surface area contributed by atoms with E-state index in [1.165, 1.54) is 0 Å². The number of sulfone groups is 1.